The maximum absolute atomic E-state index is 13.9. The molecule has 1 aliphatic heterocycles. The second-order valence-electron chi connectivity index (χ2n) is 11.9. The van der Waals surface area contributed by atoms with Crippen LogP contribution < -0.4 is 10.2 Å². The van der Waals surface area contributed by atoms with Crippen LogP contribution in [0.15, 0.2) is 30.6 Å². The molecule has 8 heteroatoms. The maximum atomic E-state index is 13.9. The lowest BCUT2D eigenvalue weighted by atomic mass is 9.75. The Bertz CT molecular complexity index is 1100. The van der Waals surface area contributed by atoms with Crippen molar-refractivity contribution in [3.63, 3.8) is 0 Å². The van der Waals surface area contributed by atoms with Gasteiger partial charge in [-0.05, 0) is 54.7 Å². The van der Waals surface area contributed by atoms with Crippen molar-refractivity contribution in [2.45, 2.75) is 76.9 Å². The highest BCUT2D eigenvalue weighted by Crippen LogP contribution is 2.43. The smallest absolute Gasteiger partial charge is 0.231 e. The van der Waals surface area contributed by atoms with Gasteiger partial charge < -0.3 is 20.2 Å². The second kappa shape index (κ2) is 10.9. The van der Waals surface area contributed by atoms with Gasteiger partial charge in [0.05, 0.1) is 17.7 Å². The summed E-state index contributed by atoms with van der Waals surface area (Å²) in [5.41, 5.74) is 3.18. The normalized spacial score (nSPS) is 26.1. The molecule has 1 amide bonds. The van der Waals surface area contributed by atoms with Gasteiger partial charge in [-0.1, -0.05) is 50.9 Å². The molecule has 1 saturated heterocycles. The molecule has 1 aromatic carbocycles. The maximum Gasteiger partial charge on any atom is 0.231 e. The van der Waals surface area contributed by atoms with E-state index in [9.17, 15) is 9.90 Å². The Balaban J connectivity index is 1.27. The Kier molecular flexibility index (Phi) is 7.75. The molecule has 0 spiro atoms. The Morgan fingerprint density at radius 2 is 1.92 bits per heavy atom. The van der Waals surface area contributed by atoms with E-state index in [1.807, 2.05) is 29.2 Å². The molecule has 4 atom stereocenters. The molecule has 1 saturated carbocycles. The van der Waals surface area contributed by atoms with Gasteiger partial charge in [0, 0.05) is 49.4 Å². The van der Waals surface area contributed by atoms with Crippen molar-refractivity contribution in [1.82, 2.24) is 20.2 Å². The number of nitrogens with one attached hydrogen (secondary N) is 1. The molecule has 7 nitrogen and oxygen atoms in total. The minimum Gasteiger partial charge on any atom is -0.387 e. The predicted molar refractivity (Wildman–Crippen MR) is 147 cm³/mol. The molecular formula is C29H40ClN5O2. The third kappa shape index (κ3) is 5.79. The van der Waals surface area contributed by atoms with Crippen molar-refractivity contribution in [3.05, 3.63) is 52.4 Å². The topological polar surface area (TPSA) is 81.6 Å². The predicted octanol–water partition coefficient (Wildman–Crippen LogP) is 4.66. The fourth-order valence-electron chi connectivity index (χ4n) is 6.51. The summed E-state index contributed by atoms with van der Waals surface area (Å²) < 4.78 is 0. The highest BCUT2D eigenvalue weighted by atomic mass is 35.5. The number of aliphatic hydroxyl groups is 1. The van der Waals surface area contributed by atoms with Gasteiger partial charge in [0.25, 0.3) is 0 Å². The molecule has 1 unspecified atom stereocenters. The van der Waals surface area contributed by atoms with E-state index in [4.69, 9.17) is 11.6 Å². The number of hydrogen-bond donors (Lipinski definition) is 2. The van der Waals surface area contributed by atoms with Crippen molar-refractivity contribution >= 4 is 23.3 Å². The third-order valence-electron chi connectivity index (χ3n) is 8.56. The number of amides is 1. The summed E-state index contributed by atoms with van der Waals surface area (Å²) in [5, 5.41) is 14.8. The molecule has 2 aliphatic carbocycles. The van der Waals surface area contributed by atoms with Crippen LogP contribution in [0.2, 0.25) is 5.02 Å². The van der Waals surface area contributed by atoms with Crippen molar-refractivity contribution in [2.75, 3.05) is 37.6 Å². The van der Waals surface area contributed by atoms with Crippen molar-refractivity contribution in [3.8, 4) is 0 Å². The fraction of sp³-hybridized carbons (Fsp3) is 0.621. The molecular weight excluding hydrogens is 486 g/mol. The number of piperazine rings is 1. The van der Waals surface area contributed by atoms with Gasteiger partial charge in [-0.2, -0.15) is 0 Å². The average molecular weight is 526 g/mol. The number of aliphatic hydroxyl groups excluding tert-OH is 1. The zero-order valence-corrected chi connectivity index (χ0v) is 23.0. The van der Waals surface area contributed by atoms with Gasteiger partial charge in [-0.25, -0.2) is 9.97 Å². The Morgan fingerprint density at radius 1 is 1.19 bits per heavy atom. The number of rotatable bonds is 6. The minimum absolute atomic E-state index is 0.168. The van der Waals surface area contributed by atoms with Gasteiger partial charge >= 0.3 is 0 Å². The first-order valence-electron chi connectivity index (χ1n) is 13.8. The summed E-state index contributed by atoms with van der Waals surface area (Å²) >= 11 is 6.17. The van der Waals surface area contributed by atoms with Crippen LogP contribution in [0.3, 0.4) is 0 Å². The van der Waals surface area contributed by atoms with E-state index in [-0.39, 0.29) is 17.7 Å². The van der Waals surface area contributed by atoms with Crippen LogP contribution in [-0.4, -0.2) is 64.6 Å². The number of fused-ring (bicyclic) bond motifs is 1. The SMILES string of the molecule is C[C@@H]1C[C@@H](O)c2ncnc(N3CCN(C(=O)[C@H](CNC4CCCC(C)(C)C4)c4ccc(Cl)cc4)CC3)c21. The fourth-order valence-corrected chi connectivity index (χ4v) is 6.64. The number of aromatic nitrogens is 2. The van der Waals surface area contributed by atoms with Gasteiger partial charge in [-0.3, -0.25) is 4.79 Å². The van der Waals surface area contributed by atoms with E-state index in [1.54, 1.807) is 6.33 Å². The van der Waals surface area contributed by atoms with Crippen LogP contribution in [0.1, 0.15) is 87.6 Å². The number of hydrogen-bond acceptors (Lipinski definition) is 6. The number of anilines is 1. The molecule has 37 heavy (non-hydrogen) atoms. The third-order valence-corrected chi connectivity index (χ3v) is 8.81. The lowest BCUT2D eigenvalue weighted by molar-refractivity contribution is -0.133. The second-order valence-corrected chi connectivity index (χ2v) is 12.4. The Morgan fingerprint density at radius 3 is 2.62 bits per heavy atom. The van der Waals surface area contributed by atoms with E-state index < -0.39 is 6.10 Å². The standard InChI is InChI=1S/C29H40ClN5O2/c1-19-15-24(36)26-25(19)27(33-18-32-26)34-11-13-35(14-12-34)28(37)23(20-6-8-21(30)9-7-20)17-31-22-5-4-10-29(2,3)16-22/h6-9,18-19,22-24,31,36H,4-5,10-17H2,1-3H3/t19-,22?,23-,24-/m1/s1. The van der Waals surface area contributed by atoms with Crippen LogP contribution in [-0.2, 0) is 4.79 Å². The monoisotopic (exact) mass is 525 g/mol. The molecule has 0 bridgehead atoms. The quantitative estimate of drug-likeness (QED) is 0.571. The Labute approximate surface area is 225 Å². The number of benzene rings is 1. The molecule has 5 rings (SSSR count). The highest BCUT2D eigenvalue weighted by Gasteiger charge is 2.35. The lowest BCUT2D eigenvalue weighted by Crippen LogP contribution is -2.52. The zero-order chi connectivity index (χ0) is 26.2. The van der Waals surface area contributed by atoms with Crippen LogP contribution >= 0.6 is 11.6 Å². The van der Waals surface area contributed by atoms with Gasteiger partial charge in [-0.15, -0.1) is 0 Å². The summed E-state index contributed by atoms with van der Waals surface area (Å²) in [6.07, 6.45) is 6.53. The first kappa shape index (κ1) is 26.4. The van der Waals surface area contributed by atoms with Crippen molar-refractivity contribution in [1.29, 1.82) is 0 Å². The van der Waals surface area contributed by atoms with Gasteiger partial charge in [0.15, 0.2) is 0 Å². The summed E-state index contributed by atoms with van der Waals surface area (Å²) in [7, 11) is 0. The molecule has 2 N–H and O–H groups in total. The van der Waals surface area contributed by atoms with E-state index in [0.717, 1.165) is 42.1 Å². The summed E-state index contributed by atoms with van der Waals surface area (Å²) in [6.45, 7) is 10.2. The van der Waals surface area contributed by atoms with Crippen LogP contribution in [0.25, 0.3) is 0 Å². The van der Waals surface area contributed by atoms with E-state index in [0.29, 0.717) is 42.5 Å². The lowest BCUT2D eigenvalue weighted by Gasteiger charge is -2.39. The summed E-state index contributed by atoms with van der Waals surface area (Å²) in [4.78, 5) is 27.1. The van der Waals surface area contributed by atoms with Gasteiger partial charge in [0.2, 0.25) is 5.91 Å². The van der Waals surface area contributed by atoms with Crippen LogP contribution in [0, 0.1) is 5.41 Å². The molecule has 2 aromatic rings. The summed E-state index contributed by atoms with van der Waals surface area (Å²) in [5.74, 6) is 1.07. The molecule has 200 valence electrons. The van der Waals surface area contributed by atoms with Crippen LogP contribution in [0.4, 0.5) is 5.82 Å². The zero-order valence-electron chi connectivity index (χ0n) is 22.3. The van der Waals surface area contributed by atoms with Crippen LogP contribution in [0.5, 0.6) is 0 Å². The van der Waals surface area contributed by atoms with Crippen molar-refractivity contribution < 1.29 is 9.90 Å². The van der Waals surface area contributed by atoms with E-state index in [2.05, 4.69) is 41.0 Å². The molecule has 0 radical (unpaired) electrons. The minimum atomic E-state index is -0.517. The number of carbonyl (C=O) groups excluding carboxylic acids is 1. The molecule has 2 fully saturated rings. The van der Waals surface area contributed by atoms with E-state index >= 15 is 0 Å². The highest BCUT2D eigenvalue weighted by molar-refractivity contribution is 6.30. The van der Waals surface area contributed by atoms with Gasteiger partial charge in [0.1, 0.15) is 12.1 Å². The Hall–Kier alpha value is -2.22. The first-order valence-corrected chi connectivity index (χ1v) is 14.1. The molecule has 1 aromatic heterocycles. The largest absolute Gasteiger partial charge is 0.387 e. The first-order chi connectivity index (χ1) is 17.7. The number of carbonyl (C=O) groups is 1. The van der Waals surface area contributed by atoms with E-state index in [1.165, 1.54) is 19.3 Å². The average Bonchev–Trinajstić information content (AvgIpc) is 3.18. The number of halogens is 1. The van der Waals surface area contributed by atoms with Crippen molar-refractivity contribution in [2.24, 2.45) is 5.41 Å². The molecule has 3 aliphatic rings. The molecule has 2 heterocycles. The number of nitrogens with zero attached hydrogens (tertiary/aromatic N) is 4. The summed E-state index contributed by atoms with van der Waals surface area (Å²) in [6, 6.07) is 8.18.